The van der Waals surface area contributed by atoms with Crippen LogP contribution in [-0.4, -0.2) is 21.7 Å². The maximum atomic E-state index is 13.4. The number of thioether (sulfide) groups is 1. The van der Waals surface area contributed by atoms with Crippen molar-refractivity contribution in [2.24, 2.45) is 0 Å². The zero-order valence-electron chi connectivity index (χ0n) is 10.0. The fourth-order valence-electron chi connectivity index (χ4n) is 1.41. The van der Waals surface area contributed by atoms with E-state index in [0.29, 0.717) is 11.3 Å². The van der Waals surface area contributed by atoms with Crippen molar-refractivity contribution in [2.45, 2.75) is 10.8 Å². The summed E-state index contributed by atoms with van der Waals surface area (Å²) in [6.07, 6.45) is 4.93. The first kappa shape index (κ1) is 13.5. The van der Waals surface area contributed by atoms with Crippen LogP contribution >= 0.6 is 11.8 Å². The number of nitrogens with zero attached hydrogens (tertiary/aromatic N) is 2. The van der Waals surface area contributed by atoms with Gasteiger partial charge in [0.05, 0.1) is 11.8 Å². The SMILES string of the molecule is OCC#Cc1cc(CSc2cnccn2)ccc1F. The Kier molecular flexibility index (Phi) is 4.90. The van der Waals surface area contributed by atoms with Gasteiger partial charge in [0.15, 0.2) is 0 Å². The third-order valence-corrected chi connectivity index (χ3v) is 3.24. The smallest absolute Gasteiger partial charge is 0.138 e. The molecule has 2 aromatic rings. The van der Waals surface area contributed by atoms with E-state index in [2.05, 4.69) is 21.8 Å². The Hall–Kier alpha value is -1.90. The molecular weight excluding hydrogens is 263 g/mol. The zero-order valence-corrected chi connectivity index (χ0v) is 10.8. The van der Waals surface area contributed by atoms with Crippen molar-refractivity contribution < 1.29 is 9.50 Å². The number of halogens is 1. The molecule has 0 spiro atoms. The van der Waals surface area contributed by atoms with Gasteiger partial charge in [-0.2, -0.15) is 0 Å². The molecule has 5 heteroatoms. The van der Waals surface area contributed by atoms with Crippen LogP contribution in [0.3, 0.4) is 0 Å². The number of hydrogen-bond acceptors (Lipinski definition) is 4. The average Bonchev–Trinajstić information content (AvgIpc) is 2.46. The highest BCUT2D eigenvalue weighted by Gasteiger charge is 2.02. The molecule has 0 fully saturated rings. The monoisotopic (exact) mass is 274 g/mol. The van der Waals surface area contributed by atoms with Crippen LogP contribution in [0, 0.1) is 17.7 Å². The molecular formula is C14H11FN2OS. The summed E-state index contributed by atoms with van der Waals surface area (Å²) in [7, 11) is 0. The summed E-state index contributed by atoms with van der Waals surface area (Å²) in [5.74, 6) is 5.31. The van der Waals surface area contributed by atoms with Crippen LogP contribution in [0.2, 0.25) is 0 Å². The van der Waals surface area contributed by atoms with Crippen LogP contribution in [0.25, 0.3) is 0 Å². The van der Waals surface area contributed by atoms with Gasteiger partial charge in [-0.15, -0.1) is 11.8 Å². The standard InChI is InChI=1S/C14H11FN2OS/c15-13-4-3-11(8-12(13)2-1-7-18)10-19-14-9-16-5-6-17-14/h3-6,8-9,18H,7,10H2. The van der Waals surface area contributed by atoms with E-state index in [4.69, 9.17) is 5.11 Å². The van der Waals surface area contributed by atoms with Gasteiger partial charge >= 0.3 is 0 Å². The maximum Gasteiger partial charge on any atom is 0.138 e. The fraction of sp³-hybridized carbons (Fsp3) is 0.143. The molecule has 1 aromatic heterocycles. The first-order valence-corrected chi connectivity index (χ1v) is 6.55. The molecule has 0 atom stereocenters. The van der Waals surface area contributed by atoms with E-state index in [1.807, 2.05) is 0 Å². The molecule has 0 aliphatic rings. The largest absolute Gasteiger partial charge is 0.384 e. The predicted molar refractivity (Wildman–Crippen MR) is 72.0 cm³/mol. The number of benzene rings is 1. The third-order valence-electron chi connectivity index (χ3n) is 2.26. The maximum absolute atomic E-state index is 13.4. The van der Waals surface area contributed by atoms with Crippen molar-refractivity contribution in [1.29, 1.82) is 0 Å². The highest BCUT2D eigenvalue weighted by molar-refractivity contribution is 7.98. The van der Waals surface area contributed by atoms with Crippen LogP contribution in [0.5, 0.6) is 0 Å². The van der Waals surface area contributed by atoms with E-state index >= 15 is 0 Å². The highest BCUT2D eigenvalue weighted by Crippen LogP contribution is 2.21. The molecule has 0 unspecified atom stereocenters. The summed E-state index contributed by atoms with van der Waals surface area (Å²) in [5.41, 5.74) is 1.24. The van der Waals surface area contributed by atoms with Crippen molar-refractivity contribution >= 4 is 11.8 Å². The second kappa shape index (κ2) is 6.88. The quantitative estimate of drug-likeness (QED) is 0.689. The minimum atomic E-state index is -0.380. The number of rotatable bonds is 3. The molecule has 0 bridgehead atoms. The van der Waals surface area contributed by atoms with Gasteiger partial charge in [-0.25, -0.2) is 9.37 Å². The molecule has 0 radical (unpaired) electrons. The molecule has 0 aliphatic heterocycles. The van der Waals surface area contributed by atoms with Gasteiger partial charge < -0.3 is 5.11 Å². The summed E-state index contributed by atoms with van der Waals surface area (Å²) in [4.78, 5) is 8.12. The third kappa shape index (κ3) is 4.05. The van der Waals surface area contributed by atoms with E-state index in [1.54, 1.807) is 30.7 Å². The van der Waals surface area contributed by atoms with E-state index in [-0.39, 0.29) is 12.4 Å². The van der Waals surface area contributed by atoms with Gasteiger partial charge in [-0.3, -0.25) is 4.98 Å². The molecule has 1 heterocycles. The highest BCUT2D eigenvalue weighted by atomic mass is 32.2. The van der Waals surface area contributed by atoms with Crippen molar-refractivity contribution in [1.82, 2.24) is 9.97 Å². The topological polar surface area (TPSA) is 46.0 Å². The van der Waals surface area contributed by atoms with Gasteiger partial charge in [0, 0.05) is 18.1 Å². The molecule has 1 N–H and O–H groups in total. The molecule has 0 saturated heterocycles. The van der Waals surface area contributed by atoms with Gasteiger partial charge in [-0.1, -0.05) is 17.9 Å². The van der Waals surface area contributed by atoms with Crippen LogP contribution in [0.15, 0.2) is 41.8 Å². The molecule has 2 rings (SSSR count). The van der Waals surface area contributed by atoms with Crippen LogP contribution in [0.1, 0.15) is 11.1 Å². The first-order chi connectivity index (χ1) is 9.29. The summed E-state index contributed by atoms with van der Waals surface area (Å²) in [6, 6.07) is 4.78. The summed E-state index contributed by atoms with van der Waals surface area (Å²) in [6.45, 7) is -0.280. The minimum Gasteiger partial charge on any atom is -0.384 e. The Balaban J connectivity index is 2.09. The molecule has 1 aromatic carbocycles. The number of aliphatic hydroxyl groups excluding tert-OH is 1. The Labute approximate surface area is 114 Å². The van der Waals surface area contributed by atoms with Crippen LogP contribution < -0.4 is 0 Å². The lowest BCUT2D eigenvalue weighted by Crippen LogP contribution is -1.89. The lowest BCUT2D eigenvalue weighted by molar-refractivity contribution is 0.350. The Morgan fingerprint density at radius 3 is 2.95 bits per heavy atom. The Morgan fingerprint density at radius 2 is 2.21 bits per heavy atom. The molecule has 0 aliphatic carbocycles. The van der Waals surface area contributed by atoms with Crippen LogP contribution in [0.4, 0.5) is 4.39 Å². The van der Waals surface area contributed by atoms with Gasteiger partial charge in [-0.05, 0) is 17.7 Å². The van der Waals surface area contributed by atoms with E-state index < -0.39 is 0 Å². The van der Waals surface area contributed by atoms with Gasteiger partial charge in [0.25, 0.3) is 0 Å². The molecule has 96 valence electrons. The van der Waals surface area contributed by atoms with Crippen molar-refractivity contribution in [3.05, 3.63) is 53.7 Å². The summed E-state index contributed by atoms with van der Waals surface area (Å²) < 4.78 is 13.4. The molecule has 3 nitrogen and oxygen atoms in total. The second-order valence-electron chi connectivity index (χ2n) is 3.61. The van der Waals surface area contributed by atoms with Crippen LogP contribution in [-0.2, 0) is 5.75 Å². The molecule has 0 amide bonds. The van der Waals surface area contributed by atoms with Gasteiger partial charge in [0.1, 0.15) is 17.5 Å². The predicted octanol–water partition coefficient (Wildman–Crippen LogP) is 2.25. The van der Waals surface area contributed by atoms with Crippen molar-refractivity contribution in [2.75, 3.05) is 6.61 Å². The lowest BCUT2D eigenvalue weighted by atomic mass is 10.1. The van der Waals surface area contributed by atoms with E-state index in [9.17, 15) is 4.39 Å². The number of aliphatic hydroxyl groups is 1. The van der Waals surface area contributed by atoms with Gasteiger partial charge in [0.2, 0.25) is 0 Å². The fourth-order valence-corrected chi connectivity index (χ4v) is 2.17. The molecule has 19 heavy (non-hydrogen) atoms. The van der Waals surface area contributed by atoms with E-state index in [0.717, 1.165) is 10.6 Å². The summed E-state index contributed by atoms with van der Waals surface area (Å²) >= 11 is 1.52. The number of hydrogen-bond donors (Lipinski definition) is 1. The van der Waals surface area contributed by atoms with Crippen molar-refractivity contribution in [3.63, 3.8) is 0 Å². The lowest BCUT2D eigenvalue weighted by Gasteiger charge is -2.02. The number of aromatic nitrogens is 2. The molecule has 0 saturated carbocycles. The average molecular weight is 274 g/mol. The Morgan fingerprint density at radius 1 is 1.32 bits per heavy atom. The van der Waals surface area contributed by atoms with E-state index in [1.165, 1.54) is 17.8 Å². The Bertz CT molecular complexity index is 608. The van der Waals surface area contributed by atoms with Crippen molar-refractivity contribution in [3.8, 4) is 11.8 Å². The minimum absolute atomic E-state index is 0.280. The summed E-state index contributed by atoms with van der Waals surface area (Å²) in [5, 5.41) is 9.44. The normalized spacial score (nSPS) is 9.79. The zero-order chi connectivity index (χ0) is 13.5. The second-order valence-corrected chi connectivity index (χ2v) is 4.60. The first-order valence-electron chi connectivity index (χ1n) is 5.56.